The van der Waals surface area contributed by atoms with E-state index in [1.165, 1.54) is 18.5 Å². The standard InChI is InChI=1S/C18H18ClN5O4S2.C2HF3O2/c1-29(25,26)16-7-6-15(30(20,27)28)8-12(16)10-21-17-9-18(23-11-22-17)24-14-4-2-13(19)3-5-14;3-2(4,5)1(6)7/h2-9,11H,10H2,1H3,(H2,20,27,28)(H2,21,22,23,24);(H,6,7). The van der Waals surface area contributed by atoms with Crippen LogP contribution in [0, 0.1) is 0 Å². The predicted octanol–water partition coefficient (Wildman–Crippen LogP) is 3.17. The third-order valence-electron chi connectivity index (χ3n) is 4.25. The van der Waals surface area contributed by atoms with Gasteiger partial charge >= 0.3 is 12.1 Å². The minimum absolute atomic E-state index is 0.00314. The monoisotopic (exact) mass is 581 g/mol. The molecule has 1 heterocycles. The van der Waals surface area contributed by atoms with Gasteiger partial charge in [-0.15, -0.1) is 0 Å². The number of aliphatic carboxylic acids is 1. The molecule has 5 N–H and O–H groups in total. The third kappa shape index (κ3) is 9.49. The first-order valence-electron chi connectivity index (χ1n) is 9.71. The number of carbonyl (C=O) groups is 1. The fraction of sp³-hybridized carbons (Fsp3) is 0.150. The molecule has 17 heteroatoms. The van der Waals surface area contributed by atoms with E-state index < -0.39 is 32.0 Å². The van der Waals surface area contributed by atoms with Crippen LogP contribution in [0.4, 0.5) is 30.5 Å². The van der Waals surface area contributed by atoms with Gasteiger partial charge in [0.05, 0.1) is 9.79 Å². The highest BCUT2D eigenvalue weighted by atomic mass is 35.5. The van der Waals surface area contributed by atoms with Gasteiger partial charge in [-0.05, 0) is 48.0 Å². The summed E-state index contributed by atoms with van der Waals surface area (Å²) in [7, 11) is -7.57. The van der Waals surface area contributed by atoms with E-state index in [2.05, 4.69) is 20.6 Å². The molecule has 0 atom stereocenters. The van der Waals surface area contributed by atoms with Crippen molar-refractivity contribution < 1.29 is 39.9 Å². The number of primary sulfonamides is 1. The van der Waals surface area contributed by atoms with Gasteiger partial charge < -0.3 is 15.7 Å². The molecule has 0 radical (unpaired) electrons. The Balaban J connectivity index is 0.000000604. The van der Waals surface area contributed by atoms with Crippen LogP contribution in [-0.2, 0) is 31.2 Å². The fourth-order valence-electron chi connectivity index (χ4n) is 2.62. The van der Waals surface area contributed by atoms with Crippen molar-refractivity contribution in [3.8, 4) is 0 Å². The number of sulfonamides is 1. The molecule has 0 aliphatic rings. The minimum atomic E-state index is -5.08. The van der Waals surface area contributed by atoms with Crippen LogP contribution in [0.3, 0.4) is 0 Å². The van der Waals surface area contributed by atoms with Crippen LogP contribution in [0.15, 0.2) is 64.6 Å². The second-order valence-electron chi connectivity index (χ2n) is 7.16. The first-order chi connectivity index (χ1) is 17.0. The summed E-state index contributed by atoms with van der Waals surface area (Å²) in [4.78, 5) is 16.9. The van der Waals surface area contributed by atoms with E-state index in [0.717, 1.165) is 18.0 Å². The van der Waals surface area contributed by atoms with E-state index in [-0.39, 0.29) is 21.9 Å². The first kappa shape index (κ1) is 29.8. The quantitative estimate of drug-likeness (QED) is 0.323. The van der Waals surface area contributed by atoms with Gasteiger partial charge in [0.25, 0.3) is 0 Å². The number of nitrogens with one attached hydrogen (secondary N) is 2. The largest absolute Gasteiger partial charge is 0.490 e. The lowest BCUT2D eigenvalue weighted by Gasteiger charge is -2.12. The molecule has 11 nitrogen and oxygen atoms in total. The van der Waals surface area contributed by atoms with Gasteiger partial charge in [-0.25, -0.2) is 36.7 Å². The van der Waals surface area contributed by atoms with Crippen molar-refractivity contribution in [3.63, 3.8) is 0 Å². The maximum Gasteiger partial charge on any atom is 0.490 e. The van der Waals surface area contributed by atoms with Crippen LogP contribution < -0.4 is 15.8 Å². The van der Waals surface area contributed by atoms with Crippen LogP contribution in [0.1, 0.15) is 5.56 Å². The maximum absolute atomic E-state index is 12.1. The second kappa shape index (κ2) is 11.7. The number of aromatic nitrogens is 2. The number of carboxylic acid groups (broad SMARTS) is 1. The molecule has 200 valence electrons. The summed E-state index contributed by atoms with van der Waals surface area (Å²) in [5.74, 6) is -1.86. The molecule has 0 bridgehead atoms. The van der Waals surface area contributed by atoms with Crippen LogP contribution in [0.2, 0.25) is 5.02 Å². The van der Waals surface area contributed by atoms with Gasteiger partial charge in [-0.3, -0.25) is 0 Å². The number of benzene rings is 2. The molecule has 0 fully saturated rings. The van der Waals surface area contributed by atoms with Crippen LogP contribution >= 0.6 is 11.6 Å². The molecule has 0 unspecified atom stereocenters. The summed E-state index contributed by atoms with van der Waals surface area (Å²) >= 11 is 5.87. The van der Waals surface area contributed by atoms with Crippen molar-refractivity contribution in [1.29, 1.82) is 0 Å². The van der Waals surface area contributed by atoms with Crippen molar-refractivity contribution in [1.82, 2.24) is 9.97 Å². The molecule has 3 rings (SSSR count). The normalized spacial score (nSPS) is 11.7. The summed E-state index contributed by atoms with van der Waals surface area (Å²) in [5.41, 5.74) is 1.01. The summed E-state index contributed by atoms with van der Waals surface area (Å²) < 4.78 is 79.1. The number of alkyl halides is 3. The first-order valence-corrected chi connectivity index (χ1v) is 13.5. The zero-order chi connectivity index (χ0) is 28.0. The van der Waals surface area contributed by atoms with Crippen LogP contribution in [-0.4, -0.2) is 50.3 Å². The van der Waals surface area contributed by atoms with Gasteiger partial charge in [-0.2, -0.15) is 13.2 Å². The number of anilines is 3. The maximum atomic E-state index is 12.1. The average Bonchev–Trinajstić information content (AvgIpc) is 2.78. The smallest absolute Gasteiger partial charge is 0.475 e. The second-order valence-corrected chi connectivity index (χ2v) is 11.1. The van der Waals surface area contributed by atoms with Gasteiger partial charge in [0.2, 0.25) is 10.0 Å². The number of halogens is 4. The van der Waals surface area contributed by atoms with E-state index in [1.807, 2.05) is 0 Å². The molecule has 1 aromatic heterocycles. The summed E-state index contributed by atoms with van der Waals surface area (Å²) in [5, 5.41) is 19.0. The number of hydrogen-bond acceptors (Lipinski definition) is 9. The van der Waals surface area contributed by atoms with E-state index in [4.69, 9.17) is 26.6 Å². The van der Waals surface area contributed by atoms with Gasteiger partial charge in [0, 0.05) is 29.6 Å². The molecular weight excluding hydrogens is 563 g/mol. The molecule has 3 aromatic rings. The SMILES string of the molecule is CS(=O)(=O)c1ccc(S(N)(=O)=O)cc1CNc1cc(Nc2ccc(Cl)cc2)ncn1.O=C(O)C(F)(F)F. The number of sulfone groups is 1. The van der Waals surface area contributed by atoms with E-state index >= 15 is 0 Å². The van der Waals surface area contributed by atoms with Crippen molar-refractivity contribution >= 4 is 54.8 Å². The third-order valence-corrected chi connectivity index (χ3v) is 6.61. The highest BCUT2D eigenvalue weighted by Gasteiger charge is 2.38. The Hall–Kier alpha value is -3.47. The topological polar surface area (TPSA) is 181 Å². The lowest BCUT2D eigenvalue weighted by molar-refractivity contribution is -0.192. The Labute approximate surface area is 214 Å². The van der Waals surface area contributed by atoms with Crippen molar-refractivity contribution in [2.45, 2.75) is 22.5 Å². The van der Waals surface area contributed by atoms with Crippen molar-refractivity contribution in [3.05, 3.63) is 65.4 Å². The van der Waals surface area contributed by atoms with Gasteiger partial charge in [-0.1, -0.05) is 11.6 Å². The zero-order valence-corrected chi connectivity index (χ0v) is 21.1. The molecule has 0 spiro atoms. The summed E-state index contributed by atoms with van der Waals surface area (Å²) in [6, 6.07) is 12.3. The zero-order valence-electron chi connectivity index (χ0n) is 18.7. The Bertz CT molecular complexity index is 1490. The van der Waals surface area contributed by atoms with Crippen LogP contribution in [0.25, 0.3) is 0 Å². The summed E-state index contributed by atoms with van der Waals surface area (Å²) in [6.45, 7) is 0.00314. The number of carboxylic acids is 1. The molecule has 0 saturated heterocycles. The van der Waals surface area contributed by atoms with Gasteiger partial charge in [0.15, 0.2) is 9.84 Å². The predicted molar refractivity (Wildman–Crippen MR) is 129 cm³/mol. The van der Waals surface area contributed by atoms with Crippen molar-refractivity contribution in [2.24, 2.45) is 5.14 Å². The Morgan fingerprint density at radius 1 is 1.03 bits per heavy atom. The van der Waals surface area contributed by atoms with E-state index in [0.29, 0.717) is 16.7 Å². The molecule has 0 aliphatic heterocycles. The van der Waals surface area contributed by atoms with E-state index in [9.17, 15) is 30.0 Å². The molecule has 0 aliphatic carbocycles. The highest BCUT2D eigenvalue weighted by molar-refractivity contribution is 7.90. The number of nitrogens with two attached hydrogens (primary N) is 1. The fourth-order valence-corrected chi connectivity index (χ4v) is 4.23. The van der Waals surface area contributed by atoms with Crippen molar-refractivity contribution in [2.75, 3.05) is 16.9 Å². The molecule has 37 heavy (non-hydrogen) atoms. The molecule has 2 aromatic carbocycles. The Kier molecular flexibility index (Phi) is 9.43. The van der Waals surface area contributed by atoms with Gasteiger partial charge in [0.1, 0.15) is 18.0 Å². The average molecular weight is 582 g/mol. The molecule has 0 amide bonds. The number of hydrogen-bond donors (Lipinski definition) is 4. The molecular formula is C20H19ClF3N5O6S2. The number of nitrogens with zero attached hydrogens (tertiary/aromatic N) is 2. The summed E-state index contributed by atoms with van der Waals surface area (Å²) in [6.07, 6.45) is -2.71. The lowest BCUT2D eigenvalue weighted by atomic mass is 10.2. The Morgan fingerprint density at radius 3 is 2.11 bits per heavy atom. The number of rotatable bonds is 7. The lowest BCUT2D eigenvalue weighted by Crippen LogP contribution is -2.21. The minimum Gasteiger partial charge on any atom is -0.475 e. The molecule has 0 saturated carbocycles. The highest BCUT2D eigenvalue weighted by Crippen LogP contribution is 2.22. The van der Waals surface area contributed by atoms with Crippen LogP contribution in [0.5, 0.6) is 0 Å². The van der Waals surface area contributed by atoms with E-state index in [1.54, 1.807) is 30.3 Å². The Morgan fingerprint density at radius 2 is 1.59 bits per heavy atom.